The maximum Gasteiger partial charge on any atom is 0.131 e. The predicted octanol–water partition coefficient (Wildman–Crippen LogP) is 3.23. The number of ether oxygens (including phenoxy) is 2. The average molecular weight is 219 g/mol. The van der Waals surface area contributed by atoms with E-state index in [0.717, 1.165) is 21.9 Å². The Morgan fingerprint density at radius 2 is 2.00 bits per heavy atom. The smallest absolute Gasteiger partial charge is 0.131 e. The minimum atomic E-state index is 0.802. The summed E-state index contributed by atoms with van der Waals surface area (Å²) in [6.45, 7) is 0. The van der Waals surface area contributed by atoms with E-state index >= 15 is 0 Å². The van der Waals surface area contributed by atoms with Gasteiger partial charge in [-0.25, -0.2) is 0 Å². The molecule has 0 aliphatic carbocycles. The zero-order valence-corrected chi connectivity index (χ0v) is 9.43. The molecule has 1 aromatic heterocycles. The highest BCUT2D eigenvalue weighted by Crippen LogP contribution is 2.35. The summed E-state index contributed by atoms with van der Waals surface area (Å²) in [5.74, 6) is 1.63. The van der Waals surface area contributed by atoms with Gasteiger partial charge < -0.3 is 9.47 Å². The van der Waals surface area contributed by atoms with Gasteiger partial charge >= 0.3 is 0 Å². The molecule has 15 heavy (non-hydrogen) atoms. The molecule has 0 unspecified atom stereocenters. The Morgan fingerprint density at radius 3 is 2.60 bits per heavy atom. The van der Waals surface area contributed by atoms with Gasteiger partial charge in [0.15, 0.2) is 0 Å². The topological polar surface area (TPSA) is 18.5 Å². The molecule has 1 radical (unpaired) electrons. The number of benzene rings is 1. The second-order valence-corrected chi connectivity index (χ2v) is 3.86. The minimum Gasteiger partial charge on any atom is -0.497 e. The van der Waals surface area contributed by atoms with Crippen LogP contribution < -0.4 is 9.47 Å². The summed E-state index contributed by atoms with van der Waals surface area (Å²) in [5, 5.41) is 3.06. The summed E-state index contributed by atoms with van der Waals surface area (Å²) >= 11 is 1.57. The van der Waals surface area contributed by atoms with E-state index in [1.54, 1.807) is 25.6 Å². The van der Waals surface area contributed by atoms with E-state index in [4.69, 9.17) is 9.47 Å². The van der Waals surface area contributed by atoms with Crippen LogP contribution >= 0.6 is 11.3 Å². The zero-order valence-electron chi connectivity index (χ0n) is 8.61. The van der Waals surface area contributed by atoms with Crippen molar-refractivity contribution < 1.29 is 9.47 Å². The summed E-state index contributed by atoms with van der Waals surface area (Å²) in [4.78, 5) is 1.15. The molecule has 0 N–H and O–H groups in total. The second-order valence-electron chi connectivity index (χ2n) is 2.98. The summed E-state index contributed by atoms with van der Waals surface area (Å²) in [6.07, 6.45) is 0. The quantitative estimate of drug-likeness (QED) is 0.789. The molecule has 2 nitrogen and oxygen atoms in total. The lowest BCUT2D eigenvalue weighted by Gasteiger charge is -2.08. The third kappa shape index (κ3) is 1.97. The molecular weight excluding hydrogens is 208 g/mol. The van der Waals surface area contributed by atoms with E-state index < -0.39 is 0 Å². The van der Waals surface area contributed by atoms with E-state index in [1.807, 2.05) is 30.3 Å². The fourth-order valence-electron chi connectivity index (χ4n) is 1.39. The predicted molar refractivity (Wildman–Crippen MR) is 61.7 cm³/mol. The lowest BCUT2D eigenvalue weighted by Crippen LogP contribution is -1.89. The molecule has 0 aliphatic heterocycles. The maximum atomic E-state index is 5.32. The lowest BCUT2D eigenvalue weighted by molar-refractivity contribution is 0.395. The van der Waals surface area contributed by atoms with Crippen molar-refractivity contribution in [3.05, 3.63) is 35.7 Å². The van der Waals surface area contributed by atoms with Crippen molar-refractivity contribution in [1.29, 1.82) is 0 Å². The molecule has 0 saturated carbocycles. The molecular formula is C12H11O2S. The normalized spacial score (nSPS) is 10.0. The number of hydrogen-bond donors (Lipinski definition) is 0. The summed E-state index contributed by atoms with van der Waals surface area (Å²) < 4.78 is 10.5. The maximum absolute atomic E-state index is 5.32. The number of methoxy groups -OCH3 is 2. The highest BCUT2D eigenvalue weighted by molar-refractivity contribution is 7.13. The van der Waals surface area contributed by atoms with Crippen molar-refractivity contribution in [2.45, 2.75) is 0 Å². The van der Waals surface area contributed by atoms with Gasteiger partial charge in [-0.15, -0.1) is 11.3 Å². The Morgan fingerprint density at radius 1 is 1.13 bits per heavy atom. The van der Waals surface area contributed by atoms with Crippen molar-refractivity contribution >= 4 is 11.3 Å². The van der Waals surface area contributed by atoms with E-state index in [2.05, 4.69) is 5.38 Å². The molecule has 1 heterocycles. The first-order chi connectivity index (χ1) is 7.35. The highest BCUT2D eigenvalue weighted by Gasteiger charge is 2.07. The van der Waals surface area contributed by atoms with Gasteiger partial charge in [-0.3, -0.25) is 0 Å². The number of hydrogen-bond acceptors (Lipinski definition) is 3. The van der Waals surface area contributed by atoms with Crippen LogP contribution in [-0.4, -0.2) is 14.2 Å². The Balaban J connectivity index is 2.48. The van der Waals surface area contributed by atoms with Crippen molar-refractivity contribution in [3.63, 3.8) is 0 Å². The van der Waals surface area contributed by atoms with Gasteiger partial charge in [0.25, 0.3) is 0 Å². The van der Waals surface area contributed by atoms with E-state index in [1.165, 1.54) is 0 Å². The molecule has 2 aromatic rings. The Kier molecular flexibility index (Phi) is 2.92. The van der Waals surface area contributed by atoms with Gasteiger partial charge in [-0.2, -0.15) is 0 Å². The molecule has 77 valence electrons. The summed E-state index contributed by atoms with van der Waals surface area (Å²) in [6, 6.07) is 9.74. The van der Waals surface area contributed by atoms with Crippen LogP contribution in [0.15, 0.2) is 30.3 Å². The fourth-order valence-corrected chi connectivity index (χ4v) is 2.07. The van der Waals surface area contributed by atoms with Crippen LogP contribution in [0.2, 0.25) is 0 Å². The molecule has 0 atom stereocenters. The van der Waals surface area contributed by atoms with Crippen LogP contribution in [0.4, 0.5) is 0 Å². The van der Waals surface area contributed by atoms with E-state index in [-0.39, 0.29) is 0 Å². The molecule has 0 saturated heterocycles. The first kappa shape index (κ1) is 10.1. The Hall–Kier alpha value is -1.48. The van der Waals surface area contributed by atoms with Crippen LogP contribution in [-0.2, 0) is 0 Å². The monoisotopic (exact) mass is 219 g/mol. The highest BCUT2D eigenvalue weighted by atomic mass is 32.1. The summed E-state index contributed by atoms with van der Waals surface area (Å²) in [5.41, 5.74) is 1.07. The summed E-state index contributed by atoms with van der Waals surface area (Å²) in [7, 11) is 3.31. The van der Waals surface area contributed by atoms with Gasteiger partial charge in [-0.05, 0) is 24.3 Å². The van der Waals surface area contributed by atoms with Crippen molar-refractivity contribution in [2.24, 2.45) is 0 Å². The fraction of sp³-hybridized carbons (Fsp3) is 0.167. The molecule has 1 aromatic carbocycles. The Bertz CT molecular complexity index is 435. The molecule has 0 aliphatic rings. The average Bonchev–Trinajstić information content (AvgIpc) is 2.81. The van der Waals surface area contributed by atoms with Crippen LogP contribution in [0.1, 0.15) is 0 Å². The van der Waals surface area contributed by atoms with Gasteiger partial charge in [0, 0.05) is 21.9 Å². The third-order valence-electron chi connectivity index (χ3n) is 2.15. The standard InChI is InChI=1S/C12H11O2S/c1-13-9-5-6-10(11(8-9)14-2)12-4-3-7-15-12/h3-6,8H,1-2H3. The van der Waals surface area contributed by atoms with Gasteiger partial charge in [0.05, 0.1) is 14.2 Å². The Labute approximate surface area is 93.1 Å². The van der Waals surface area contributed by atoms with E-state index in [0.29, 0.717) is 0 Å². The lowest BCUT2D eigenvalue weighted by atomic mass is 10.1. The van der Waals surface area contributed by atoms with Crippen LogP contribution in [0, 0.1) is 5.38 Å². The molecule has 0 amide bonds. The van der Waals surface area contributed by atoms with Gasteiger partial charge in [0.2, 0.25) is 0 Å². The van der Waals surface area contributed by atoms with Crippen LogP contribution in [0.25, 0.3) is 10.4 Å². The number of rotatable bonds is 3. The molecule has 2 rings (SSSR count). The first-order valence-electron chi connectivity index (χ1n) is 4.53. The van der Waals surface area contributed by atoms with Crippen molar-refractivity contribution in [1.82, 2.24) is 0 Å². The first-order valence-corrected chi connectivity index (χ1v) is 5.35. The largest absolute Gasteiger partial charge is 0.497 e. The van der Waals surface area contributed by atoms with Crippen molar-refractivity contribution in [2.75, 3.05) is 14.2 Å². The van der Waals surface area contributed by atoms with Crippen LogP contribution in [0.3, 0.4) is 0 Å². The third-order valence-corrected chi connectivity index (χ3v) is 2.98. The van der Waals surface area contributed by atoms with Crippen molar-refractivity contribution in [3.8, 4) is 21.9 Å². The van der Waals surface area contributed by atoms with Crippen LogP contribution in [0.5, 0.6) is 11.5 Å². The molecule has 0 bridgehead atoms. The SMILES string of the molecule is COc1ccc(-c2cc[c]s2)c(OC)c1. The second kappa shape index (κ2) is 4.36. The zero-order chi connectivity index (χ0) is 10.7. The van der Waals surface area contributed by atoms with E-state index in [9.17, 15) is 0 Å². The molecule has 0 spiro atoms. The number of thiophene rings is 1. The van der Waals surface area contributed by atoms with Gasteiger partial charge in [-0.1, -0.05) is 0 Å². The molecule has 0 fully saturated rings. The molecule has 3 heteroatoms. The van der Waals surface area contributed by atoms with Gasteiger partial charge in [0.1, 0.15) is 11.5 Å². The minimum absolute atomic E-state index is 0.802.